The second kappa shape index (κ2) is 8.92. The number of rotatable bonds is 5. The first-order chi connectivity index (χ1) is 13.5. The van der Waals surface area contributed by atoms with Crippen molar-refractivity contribution in [2.75, 3.05) is 19.0 Å². The maximum Gasteiger partial charge on any atom is 0.269 e. The van der Waals surface area contributed by atoms with E-state index >= 15 is 0 Å². The van der Waals surface area contributed by atoms with Gasteiger partial charge < -0.3 is 26.6 Å². The molecule has 0 aromatic carbocycles. The standard InChI is InChI=1S/C18H23ClN6O3/c1-20-17(27)14-15(23-9-22-14)18(28)24-11-4-2-10(3-5-11)16(26)25-13-8-21-7-6-12(13)19/h6-8,10-11,22-23H,2-5,9H2,1H3,(H,20,27)(H,24,28)(H,25,26)/t10-,11-. The molecule has 3 rings (SSSR count). The molecule has 2 heterocycles. The zero-order chi connectivity index (χ0) is 20.1. The number of carbonyl (C=O) groups excluding carboxylic acids is 3. The SMILES string of the molecule is CNC(=O)C1=C(C(=O)N[C@H]2CC[C@H](C(=O)Nc3cnccc3Cl)CC2)NCN1. The molecule has 0 unspecified atom stereocenters. The van der Waals surface area contributed by atoms with Gasteiger partial charge in [0.1, 0.15) is 11.4 Å². The molecule has 1 aromatic heterocycles. The number of carbonyl (C=O) groups is 3. The Morgan fingerprint density at radius 1 is 1.11 bits per heavy atom. The second-order valence-electron chi connectivity index (χ2n) is 6.73. The Kier molecular flexibility index (Phi) is 6.35. The Balaban J connectivity index is 1.51. The van der Waals surface area contributed by atoms with E-state index in [4.69, 9.17) is 11.6 Å². The first-order valence-electron chi connectivity index (χ1n) is 9.15. The Morgan fingerprint density at radius 3 is 2.43 bits per heavy atom. The summed E-state index contributed by atoms with van der Waals surface area (Å²) < 4.78 is 0. The fraction of sp³-hybridized carbons (Fsp3) is 0.444. The van der Waals surface area contributed by atoms with Gasteiger partial charge in [-0.05, 0) is 31.7 Å². The van der Waals surface area contributed by atoms with E-state index in [0.717, 1.165) is 0 Å². The van der Waals surface area contributed by atoms with Crippen molar-refractivity contribution in [3.63, 3.8) is 0 Å². The van der Waals surface area contributed by atoms with E-state index in [2.05, 4.69) is 31.6 Å². The largest absolute Gasteiger partial charge is 0.362 e. The van der Waals surface area contributed by atoms with E-state index in [9.17, 15) is 14.4 Å². The second-order valence-corrected chi connectivity index (χ2v) is 7.13. The Hall–Kier alpha value is -2.81. The third kappa shape index (κ3) is 4.53. The fourth-order valence-corrected chi connectivity index (χ4v) is 3.52. The van der Waals surface area contributed by atoms with Gasteiger partial charge in [0.05, 0.1) is 23.6 Å². The summed E-state index contributed by atoms with van der Waals surface area (Å²) in [5, 5.41) is 14.4. The lowest BCUT2D eigenvalue weighted by Gasteiger charge is -2.28. The van der Waals surface area contributed by atoms with Crippen molar-refractivity contribution in [2.45, 2.75) is 31.7 Å². The topological polar surface area (TPSA) is 124 Å². The maximum absolute atomic E-state index is 12.5. The number of likely N-dealkylation sites (N-methyl/N-ethyl adjacent to an activating group) is 1. The van der Waals surface area contributed by atoms with Gasteiger partial charge in [-0.1, -0.05) is 11.6 Å². The van der Waals surface area contributed by atoms with E-state index in [1.165, 1.54) is 13.2 Å². The van der Waals surface area contributed by atoms with E-state index in [0.29, 0.717) is 43.1 Å². The minimum atomic E-state index is -0.343. The van der Waals surface area contributed by atoms with Crippen LogP contribution >= 0.6 is 11.6 Å². The summed E-state index contributed by atoms with van der Waals surface area (Å²) in [6.45, 7) is 0.329. The van der Waals surface area contributed by atoms with Crippen molar-refractivity contribution in [2.24, 2.45) is 5.92 Å². The van der Waals surface area contributed by atoms with E-state index in [1.54, 1.807) is 12.3 Å². The number of pyridine rings is 1. The van der Waals surface area contributed by atoms with Gasteiger partial charge in [-0.3, -0.25) is 19.4 Å². The number of anilines is 1. The number of amides is 3. The van der Waals surface area contributed by atoms with Crippen molar-refractivity contribution < 1.29 is 14.4 Å². The summed E-state index contributed by atoms with van der Waals surface area (Å²) in [5.74, 6) is -0.898. The van der Waals surface area contributed by atoms with Crippen LogP contribution in [0.5, 0.6) is 0 Å². The molecule has 5 N–H and O–H groups in total. The molecule has 0 atom stereocenters. The third-order valence-corrected chi connectivity index (χ3v) is 5.25. The zero-order valence-electron chi connectivity index (χ0n) is 15.5. The van der Waals surface area contributed by atoms with Crippen LogP contribution in [0.15, 0.2) is 29.9 Å². The van der Waals surface area contributed by atoms with Gasteiger partial charge in [0.25, 0.3) is 11.8 Å². The van der Waals surface area contributed by atoms with E-state index < -0.39 is 0 Å². The molecule has 0 radical (unpaired) electrons. The Bertz CT molecular complexity index is 804. The molecule has 150 valence electrons. The normalized spacial score (nSPS) is 21.4. The number of hydrogen-bond acceptors (Lipinski definition) is 6. The van der Waals surface area contributed by atoms with E-state index in [-0.39, 0.29) is 41.1 Å². The predicted molar refractivity (Wildman–Crippen MR) is 104 cm³/mol. The van der Waals surface area contributed by atoms with Gasteiger partial charge in [-0.2, -0.15) is 0 Å². The molecule has 3 amide bonds. The van der Waals surface area contributed by atoms with Crippen LogP contribution in [0.25, 0.3) is 0 Å². The lowest BCUT2D eigenvalue weighted by molar-refractivity contribution is -0.121. The van der Waals surface area contributed by atoms with Crippen molar-refractivity contribution in [3.05, 3.63) is 34.9 Å². The fourth-order valence-electron chi connectivity index (χ4n) is 3.37. The summed E-state index contributed by atoms with van der Waals surface area (Å²) in [4.78, 5) is 40.7. The highest BCUT2D eigenvalue weighted by Crippen LogP contribution is 2.27. The highest BCUT2D eigenvalue weighted by atomic mass is 35.5. The third-order valence-electron chi connectivity index (χ3n) is 4.92. The van der Waals surface area contributed by atoms with Gasteiger partial charge in [-0.25, -0.2) is 0 Å². The molecular formula is C18H23ClN6O3. The van der Waals surface area contributed by atoms with Crippen LogP contribution in [0.2, 0.25) is 5.02 Å². The minimum Gasteiger partial charge on any atom is -0.362 e. The summed E-state index contributed by atoms with van der Waals surface area (Å²) in [6.07, 6.45) is 5.75. The van der Waals surface area contributed by atoms with Gasteiger partial charge in [0.15, 0.2) is 0 Å². The van der Waals surface area contributed by atoms with Crippen molar-refractivity contribution in [1.29, 1.82) is 0 Å². The number of nitrogens with one attached hydrogen (secondary N) is 5. The highest BCUT2D eigenvalue weighted by molar-refractivity contribution is 6.33. The molecule has 1 saturated carbocycles. The molecule has 9 nitrogen and oxygen atoms in total. The molecule has 10 heteroatoms. The highest BCUT2D eigenvalue weighted by Gasteiger charge is 2.30. The molecule has 1 aliphatic heterocycles. The molecular weight excluding hydrogens is 384 g/mol. The average Bonchev–Trinajstić information content (AvgIpc) is 3.19. The number of halogens is 1. The summed E-state index contributed by atoms with van der Waals surface area (Å²) in [5.41, 5.74) is 0.977. The smallest absolute Gasteiger partial charge is 0.269 e. The molecule has 28 heavy (non-hydrogen) atoms. The van der Waals surface area contributed by atoms with Crippen LogP contribution in [0.1, 0.15) is 25.7 Å². The summed E-state index contributed by atoms with van der Waals surface area (Å²) in [7, 11) is 1.51. The minimum absolute atomic E-state index is 0.0423. The van der Waals surface area contributed by atoms with Crippen LogP contribution in [-0.4, -0.2) is 42.5 Å². The molecule has 1 aromatic rings. The molecule has 2 aliphatic rings. The van der Waals surface area contributed by atoms with Crippen LogP contribution in [0.3, 0.4) is 0 Å². The van der Waals surface area contributed by atoms with Crippen molar-refractivity contribution in [3.8, 4) is 0 Å². The Morgan fingerprint density at radius 2 is 1.79 bits per heavy atom. The first kappa shape index (κ1) is 19.9. The van der Waals surface area contributed by atoms with Gasteiger partial charge in [0.2, 0.25) is 5.91 Å². The first-order valence-corrected chi connectivity index (χ1v) is 9.52. The zero-order valence-corrected chi connectivity index (χ0v) is 16.2. The van der Waals surface area contributed by atoms with Crippen molar-refractivity contribution >= 4 is 35.0 Å². The molecule has 0 saturated heterocycles. The number of hydrogen-bond donors (Lipinski definition) is 5. The average molecular weight is 407 g/mol. The lowest BCUT2D eigenvalue weighted by atomic mass is 9.85. The number of aromatic nitrogens is 1. The van der Waals surface area contributed by atoms with Crippen LogP contribution < -0.4 is 26.6 Å². The van der Waals surface area contributed by atoms with Crippen LogP contribution in [-0.2, 0) is 14.4 Å². The lowest BCUT2D eigenvalue weighted by Crippen LogP contribution is -2.42. The molecule has 1 fully saturated rings. The monoisotopic (exact) mass is 406 g/mol. The quantitative estimate of drug-likeness (QED) is 0.484. The predicted octanol–water partition coefficient (Wildman–Crippen LogP) is 0.456. The molecule has 1 aliphatic carbocycles. The number of nitrogens with zero attached hydrogens (tertiary/aromatic N) is 1. The summed E-state index contributed by atoms with van der Waals surface area (Å²) >= 11 is 6.05. The van der Waals surface area contributed by atoms with Gasteiger partial charge in [0, 0.05) is 25.2 Å². The van der Waals surface area contributed by atoms with Gasteiger partial charge >= 0.3 is 0 Å². The molecule has 0 spiro atoms. The van der Waals surface area contributed by atoms with Crippen molar-refractivity contribution in [1.82, 2.24) is 26.3 Å². The maximum atomic E-state index is 12.5. The Labute approximate surface area is 167 Å². The summed E-state index contributed by atoms with van der Waals surface area (Å²) in [6, 6.07) is 1.58. The molecule has 0 bridgehead atoms. The van der Waals surface area contributed by atoms with E-state index in [1.807, 2.05) is 0 Å². The van der Waals surface area contributed by atoms with Gasteiger partial charge in [-0.15, -0.1) is 0 Å². The van der Waals surface area contributed by atoms with Crippen LogP contribution in [0.4, 0.5) is 5.69 Å². The van der Waals surface area contributed by atoms with Crippen LogP contribution in [0, 0.1) is 5.92 Å².